The predicted octanol–water partition coefficient (Wildman–Crippen LogP) is 6.22. The van der Waals surface area contributed by atoms with Crippen LogP contribution >= 0.6 is 0 Å². The molecule has 1 heterocycles. The Morgan fingerprint density at radius 1 is 1.00 bits per heavy atom. The molecule has 1 atom stereocenters. The molecule has 116 valence electrons. The Bertz CT molecular complexity index is 892. The van der Waals surface area contributed by atoms with E-state index in [-0.39, 0.29) is 0 Å². The van der Waals surface area contributed by atoms with Gasteiger partial charge in [-0.15, -0.1) is 0 Å². The van der Waals surface area contributed by atoms with E-state index in [0.717, 1.165) is 5.75 Å². The van der Waals surface area contributed by atoms with Crippen LogP contribution in [-0.4, -0.2) is 0 Å². The highest BCUT2D eigenvalue weighted by atomic mass is 16.5. The highest BCUT2D eigenvalue weighted by Gasteiger charge is 2.19. The van der Waals surface area contributed by atoms with E-state index in [1.165, 1.54) is 45.0 Å². The lowest BCUT2D eigenvalue weighted by atomic mass is 9.89. The van der Waals surface area contributed by atoms with Crippen molar-refractivity contribution in [3.63, 3.8) is 0 Å². The van der Waals surface area contributed by atoms with E-state index in [2.05, 4.69) is 69.3 Å². The Hall–Kier alpha value is -2.28. The molecule has 1 aliphatic rings. The summed E-state index contributed by atoms with van der Waals surface area (Å²) >= 11 is 0. The van der Waals surface area contributed by atoms with E-state index in [4.69, 9.17) is 4.74 Å². The maximum absolute atomic E-state index is 6.04. The molecule has 4 rings (SSSR count). The Morgan fingerprint density at radius 2 is 1.83 bits per heavy atom. The zero-order valence-corrected chi connectivity index (χ0v) is 14.0. The molecule has 3 aromatic rings. The second-order valence-electron chi connectivity index (χ2n) is 6.67. The van der Waals surface area contributed by atoms with Crippen molar-refractivity contribution in [1.29, 1.82) is 0 Å². The largest absolute Gasteiger partial charge is 0.488 e. The van der Waals surface area contributed by atoms with Crippen LogP contribution in [0.15, 0.2) is 48.5 Å². The number of fused-ring (bicyclic) bond motifs is 5. The third-order valence-electron chi connectivity index (χ3n) is 5.14. The van der Waals surface area contributed by atoms with Crippen molar-refractivity contribution in [3.8, 4) is 16.9 Å². The quantitative estimate of drug-likeness (QED) is 0.546. The molecule has 0 amide bonds. The van der Waals surface area contributed by atoms with Crippen LogP contribution in [0.25, 0.3) is 21.9 Å². The van der Waals surface area contributed by atoms with Crippen molar-refractivity contribution in [2.75, 3.05) is 0 Å². The van der Waals surface area contributed by atoms with E-state index in [1.807, 2.05) is 0 Å². The van der Waals surface area contributed by atoms with Crippen molar-refractivity contribution in [1.82, 2.24) is 0 Å². The molecule has 0 radical (unpaired) electrons. The normalized spacial score (nSPS) is 14.0. The molecule has 0 bridgehead atoms. The van der Waals surface area contributed by atoms with Gasteiger partial charge in [-0.3, -0.25) is 0 Å². The van der Waals surface area contributed by atoms with Gasteiger partial charge in [-0.2, -0.15) is 0 Å². The first-order chi connectivity index (χ1) is 11.2. The van der Waals surface area contributed by atoms with Crippen molar-refractivity contribution in [3.05, 3.63) is 65.2 Å². The second kappa shape index (κ2) is 5.42. The minimum absolute atomic E-state index is 0.607. The summed E-state index contributed by atoms with van der Waals surface area (Å²) in [6.45, 7) is 7.30. The Labute approximate surface area is 137 Å². The van der Waals surface area contributed by atoms with Crippen LogP contribution in [0.2, 0.25) is 0 Å². The summed E-state index contributed by atoms with van der Waals surface area (Å²) in [4.78, 5) is 0. The second-order valence-corrected chi connectivity index (χ2v) is 6.67. The van der Waals surface area contributed by atoms with Gasteiger partial charge in [0.05, 0.1) is 0 Å². The van der Waals surface area contributed by atoms with Crippen LogP contribution in [0.3, 0.4) is 0 Å². The summed E-state index contributed by atoms with van der Waals surface area (Å²) in [6, 6.07) is 17.9. The van der Waals surface area contributed by atoms with Crippen molar-refractivity contribution < 1.29 is 4.74 Å². The molecule has 1 aliphatic heterocycles. The van der Waals surface area contributed by atoms with Crippen molar-refractivity contribution >= 4 is 10.8 Å². The average Bonchev–Trinajstić information content (AvgIpc) is 2.59. The number of hydrogen-bond donors (Lipinski definition) is 0. The van der Waals surface area contributed by atoms with Crippen LogP contribution in [0.5, 0.6) is 5.75 Å². The molecule has 0 spiro atoms. The minimum Gasteiger partial charge on any atom is -0.488 e. The van der Waals surface area contributed by atoms with Crippen LogP contribution < -0.4 is 4.74 Å². The van der Waals surface area contributed by atoms with Gasteiger partial charge in [-0.1, -0.05) is 56.3 Å². The molecule has 0 saturated carbocycles. The van der Waals surface area contributed by atoms with Gasteiger partial charge in [-0.05, 0) is 52.8 Å². The van der Waals surface area contributed by atoms with E-state index >= 15 is 0 Å². The fourth-order valence-electron chi connectivity index (χ4n) is 3.48. The number of aryl methyl sites for hydroxylation is 1. The minimum atomic E-state index is 0.607. The summed E-state index contributed by atoms with van der Waals surface area (Å²) in [5.41, 5.74) is 6.51. The van der Waals surface area contributed by atoms with Gasteiger partial charge in [0.2, 0.25) is 0 Å². The van der Waals surface area contributed by atoms with E-state index < -0.39 is 0 Å². The van der Waals surface area contributed by atoms with Crippen molar-refractivity contribution in [2.45, 2.75) is 39.7 Å². The average molecular weight is 302 g/mol. The fourth-order valence-corrected chi connectivity index (χ4v) is 3.48. The van der Waals surface area contributed by atoms with E-state index in [1.54, 1.807) is 0 Å². The van der Waals surface area contributed by atoms with Gasteiger partial charge >= 0.3 is 0 Å². The van der Waals surface area contributed by atoms with Gasteiger partial charge in [0.25, 0.3) is 0 Å². The molecule has 0 aliphatic carbocycles. The highest BCUT2D eigenvalue weighted by Crippen LogP contribution is 2.41. The summed E-state index contributed by atoms with van der Waals surface area (Å²) in [7, 11) is 0. The summed E-state index contributed by atoms with van der Waals surface area (Å²) < 4.78 is 6.04. The molecule has 1 unspecified atom stereocenters. The maximum Gasteiger partial charge on any atom is 0.127 e. The van der Waals surface area contributed by atoms with Crippen molar-refractivity contribution in [2.24, 2.45) is 0 Å². The van der Waals surface area contributed by atoms with Crippen LogP contribution in [-0.2, 0) is 6.61 Å². The lowest BCUT2D eigenvalue weighted by Crippen LogP contribution is -2.06. The molecule has 1 nitrogen and oxygen atoms in total. The van der Waals surface area contributed by atoms with Crippen LogP contribution in [0.1, 0.15) is 42.9 Å². The molecular formula is C22H22O. The summed E-state index contributed by atoms with van der Waals surface area (Å²) in [5, 5.41) is 2.64. The molecule has 23 heavy (non-hydrogen) atoms. The number of hydrogen-bond acceptors (Lipinski definition) is 1. The molecule has 1 heteroatoms. The third kappa shape index (κ3) is 2.31. The van der Waals surface area contributed by atoms with E-state index in [0.29, 0.717) is 12.5 Å². The zero-order chi connectivity index (χ0) is 16.0. The molecule has 0 aromatic heterocycles. The molecule has 0 N–H and O–H groups in total. The zero-order valence-electron chi connectivity index (χ0n) is 14.0. The topological polar surface area (TPSA) is 9.23 Å². The van der Waals surface area contributed by atoms with Gasteiger partial charge in [0.1, 0.15) is 12.4 Å². The van der Waals surface area contributed by atoms with Gasteiger partial charge in [0.15, 0.2) is 0 Å². The van der Waals surface area contributed by atoms with E-state index in [9.17, 15) is 0 Å². The van der Waals surface area contributed by atoms with Crippen LogP contribution in [0, 0.1) is 6.92 Å². The number of ether oxygens (including phenoxy) is 1. The van der Waals surface area contributed by atoms with Crippen LogP contribution in [0.4, 0.5) is 0 Å². The van der Waals surface area contributed by atoms with Gasteiger partial charge < -0.3 is 4.74 Å². The lowest BCUT2D eigenvalue weighted by molar-refractivity contribution is 0.303. The van der Waals surface area contributed by atoms with Gasteiger partial charge in [-0.25, -0.2) is 0 Å². The maximum atomic E-state index is 6.04. The smallest absolute Gasteiger partial charge is 0.127 e. The molecule has 0 saturated heterocycles. The Morgan fingerprint density at radius 3 is 2.65 bits per heavy atom. The monoisotopic (exact) mass is 302 g/mol. The fraction of sp³-hybridized carbons (Fsp3) is 0.273. The summed E-state index contributed by atoms with van der Waals surface area (Å²) in [6.07, 6.45) is 1.17. The highest BCUT2D eigenvalue weighted by molar-refractivity contribution is 5.94. The Kier molecular flexibility index (Phi) is 3.37. The first kappa shape index (κ1) is 14.3. The standard InChI is InChI=1S/C22H22O/c1-4-15(3)16-6-9-18-17(12-16)7-10-19-20-8-5-14(2)11-22(20)23-13-21(18)19/h5-12,15H,4,13H2,1-3H3. The number of benzene rings is 3. The number of rotatable bonds is 2. The Balaban J connectivity index is 1.90. The first-order valence-electron chi connectivity index (χ1n) is 8.46. The first-order valence-corrected chi connectivity index (χ1v) is 8.46. The van der Waals surface area contributed by atoms with Gasteiger partial charge in [0, 0.05) is 11.1 Å². The SMILES string of the molecule is CCC(C)c1ccc2c3c(ccc2c1)-c1ccc(C)cc1OC3. The summed E-state index contributed by atoms with van der Waals surface area (Å²) in [5.74, 6) is 1.61. The molecule has 0 fully saturated rings. The third-order valence-corrected chi connectivity index (χ3v) is 5.14. The lowest BCUT2D eigenvalue weighted by Gasteiger charge is -2.23. The molecular weight excluding hydrogens is 280 g/mol. The molecule has 3 aromatic carbocycles. The predicted molar refractivity (Wildman–Crippen MR) is 97.2 cm³/mol.